The number of hydrogen-bond donors (Lipinski definition) is 2. The molecule has 0 bridgehead atoms. The van der Waals surface area contributed by atoms with Gasteiger partial charge in [-0.2, -0.15) is 0 Å². The van der Waals surface area contributed by atoms with Crippen molar-refractivity contribution in [3.63, 3.8) is 0 Å². The molecule has 1 aliphatic heterocycles. The monoisotopic (exact) mass is 342 g/mol. The Labute approximate surface area is 127 Å². The molecule has 1 aliphatic rings. The lowest BCUT2D eigenvalue weighted by atomic mass is 9.97. The van der Waals surface area contributed by atoms with E-state index in [1.165, 1.54) is 6.07 Å². The average Bonchev–Trinajstić information content (AvgIpc) is 2.44. The van der Waals surface area contributed by atoms with Gasteiger partial charge in [0.25, 0.3) is 0 Å². The van der Waals surface area contributed by atoms with Gasteiger partial charge in [0.05, 0.1) is 4.47 Å². The van der Waals surface area contributed by atoms with Crippen LogP contribution in [0, 0.1) is 5.82 Å². The molecular formula is C15H20BrFN2O. The molecule has 0 aliphatic carbocycles. The smallest absolute Gasteiger partial charge is 0.141 e. The summed E-state index contributed by atoms with van der Waals surface area (Å²) in [5.74, 6) is -0.449. The number of nitrogens with zero attached hydrogens (tertiary/aromatic N) is 1. The molecule has 0 spiro atoms. The van der Waals surface area contributed by atoms with Gasteiger partial charge >= 0.3 is 0 Å². The predicted molar refractivity (Wildman–Crippen MR) is 82.4 cm³/mol. The van der Waals surface area contributed by atoms with Crippen molar-refractivity contribution >= 4 is 15.9 Å². The highest BCUT2D eigenvalue weighted by Gasteiger charge is 2.26. The number of hydrogen-bond acceptors (Lipinski definition) is 3. The lowest BCUT2D eigenvalue weighted by molar-refractivity contribution is 0.169. The number of rotatable bonds is 4. The zero-order chi connectivity index (χ0) is 14.7. The lowest BCUT2D eigenvalue weighted by Gasteiger charge is -2.35. The fourth-order valence-corrected chi connectivity index (χ4v) is 2.94. The molecule has 0 unspecified atom stereocenters. The first-order valence-corrected chi connectivity index (χ1v) is 7.56. The topological polar surface area (TPSA) is 35.5 Å². The van der Waals surface area contributed by atoms with Crippen LogP contribution in [0.15, 0.2) is 28.8 Å². The molecule has 5 heteroatoms. The summed E-state index contributed by atoms with van der Waals surface area (Å²) >= 11 is 3.11. The largest absolute Gasteiger partial charge is 0.506 e. The standard InChI is InChI=1S/C15H20BrFN2O/c1-10(2)9-13(19-7-5-18-6-8-19)11-3-4-12(17)14(16)15(11)20/h3-4,13,18,20H,1,5-9H2,2H3/t13-/m1/s1. The van der Waals surface area contributed by atoms with Crippen LogP contribution in [0.25, 0.3) is 0 Å². The SMILES string of the molecule is C=C(C)C[C@H](c1ccc(F)c(Br)c1O)N1CCNCC1. The van der Waals surface area contributed by atoms with E-state index in [0.29, 0.717) is 0 Å². The van der Waals surface area contributed by atoms with Gasteiger partial charge in [-0.05, 0) is 35.3 Å². The van der Waals surface area contributed by atoms with Gasteiger partial charge in [0.15, 0.2) is 0 Å². The molecule has 0 amide bonds. The Morgan fingerprint density at radius 1 is 1.50 bits per heavy atom. The van der Waals surface area contributed by atoms with E-state index in [2.05, 4.69) is 32.7 Å². The molecular weight excluding hydrogens is 323 g/mol. The summed E-state index contributed by atoms with van der Waals surface area (Å²) in [6.07, 6.45) is 0.756. The second-order valence-corrected chi connectivity index (χ2v) is 6.06. The molecule has 1 atom stereocenters. The van der Waals surface area contributed by atoms with Crippen molar-refractivity contribution in [3.05, 3.63) is 40.1 Å². The number of nitrogens with one attached hydrogen (secondary N) is 1. The molecule has 2 rings (SSSR count). The fourth-order valence-electron chi connectivity index (χ4n) is 2.58. The Kier molecular flexibility index (Phi) is 5.18. The average molecular weight is 343 g/mol. The van der Waals surface area contributed by atoms with Crippen LogP contribution < -0.4 is 5.32 Å². The van der Waals surface area contributed by atoms with Crippen LogP contribution in [-0.4, -0.2) is 36.2 Å². The predicted octanol–water partition coefficient (Wildman–Crippen LogP) is 3.21. The second-order valence-electron chi connectivity index (χ2n) is 5.26. The van der Waals surface area contributed by atoms with E-state index in [4.69, 9.17) is 0 Å². The number of phenolic OH excluding ortho intramolecular Hbond substituents is 1. The number of benzene rings is 1. The van der Waals surface area contributed by atoms with Crippen LogP contribution in [0.2, 0.25) is 0 Å². The van der Waals surface area contributed by atoms with Gasteiger partial charge in [0.2, 0.25) is 0 Å². The maximum Gasteiger partial charge on any atom is 0.141 e. The van der Waals surface area contributed by atoms with Crippen LogP contribution in [0.1, 0.15) is 24.9 Å². The van der Waals surface area contributed by atoms with Crippen LogP contribution in [0.4, 0.5) is 4.39 Å². The third-order valence-electron chi connectivity index (χ3n) is 3.59. The van der Waals surface area contributed by atoms with Gasteiger partial charge in [0.1, 0.15) is 11.6 Å². The van der Waals surface area contributed by atoms with Crippen LogP contribution >= 0.6 is 15.9 Å². The fraction of sp³-hybridized carbons (Fsp3) is 0.467. The van der Waals surface area contributed by atoms with Crippen LogP contribution in [-0.2, 0) is 0 Å². The molecule has 2 N–H and O–H groups in total. The van der Waals surface area contributed by atoms with Gasteiger partial charge in [-0.15, -0.1) is 6.58 Å². The molecule has 1 aromatic carbocycles. The summed E-state index contributed by atoms with van der Waals surface area (Å²) in [7, 11) is 0. The van der Waals surface area contributed by atoms with E-state index in [9.17, 15) is 9.50 Å². The van der Waals surface area contributed by atoms with E-state index in [1.807, 2.05) is 6.92 Å². The van der Waals surface area contributed by atoms with Crippen molar-refractivity contribution in [1.82, 2.24) is 10.2 Å². The van der Waals surface area contributed by atoms with Gasteiger partial charge in [-0.1, -0.05) is 11.6 Å². The first kappa shape index (κ1) is 15.5. The van der Waals surface area contributed by atoms with Crippen molar-refractivity contribution in [2.75, 3.05) is 26.2 Å². The Morgan fingerprint density at radius 3 is 2.75 bits per heavy atom. The van der Waals surface area contributed by atoms with E-state index in [0.717, 1.165) is 43.7 Å². The molecule has 0 radical (unpaired) electrons. The minimum Gasteiger partial charge on any atom is -0.506 e. The number of piperazine rings is 1. The summed E-state index contributed by atoms with van der Waals surface area (Å²) < 4.78 is 13.6. The highest BCUT2D eigenvalue weighted by Crippen LogP contribution is 2.38. The van der Waals surface area contributed by atoms with Crippen molar-refractivity contribution in [2.24, 2.45) is 0 Å². The molecule has 0 saturated carbocycles. The second kappa shape index (κ2) is 6.70. The number of aromatic hydroxyl groups is 1. The maximum absolute atomic E-state index is 13.5. The van der Waals surface area contributed by atoms with Gasteiger partial charge in [-0.3, -0.25) is 4.90 Å². The zero-order valence-electron chi connectivity index (χ0n) is 11.6. The summed E-state index contributed by atoms with van der Waals surface area (Å²) in [5.41, 5.74) is 1.80. The van der Waals surface area contributed by atoms with Gasteiger partial charge < -0.3 is 10.4 Å². The lowest BCUT2D eigenvalue weighted by Crippen LogP contribution is -2.45. The Hall–Kier alpha value is -0.910. The summed E-state index contributed by atoms with van der Waals surface area (Å²) in [6, 6.07) is 3.10. The minimum atomic E-state index is -0.444. The summed E-state index contributed by atoms with van der Waals surface area (Å²) in [4.78, 5) is 2.31. The van der Waals surface area contributed by atoms with Crippen LogP contribution in [0.3, 0.4) is 0 Å². The quantitative estimate of drug-likeness (QED) is 0.824. The summed E-state index contributed by atoms with van der Waals surface area (Å²) in [6.45, 7) is 9.62. The molecule has 20 heavy (non-hydrogen) atoms. The van der Waals surface area contributed by atoms with E-state index in [-0.39, 0.29) is 16.3 Å². The van der Waals surface area contributed by atoms with Gasteiger partial charge in [-0.25, -0.2) is 4.39 Å². The number of halogens is 2. The maximum atomic E-state index is 13.5. The van der Waals surface area contributed by atoms with Crippen molar-refractivity contribution in [1.29, 1.82) is 0 Å². The van der Waals surface area contributed by atoms with E-state index in [1.54, 1.807) is 6.07 Å². The Bertz CT molecular complexity index is 501. The van der Waals surface area contributed by atoms with E-state index < -0.39 is 5.82 Å². The molecule has 1 heterocycles. The highest BCUT2D eigenvalue weighted by molar-refractivity contribution is 9.10. The number of phenols is 1. The molecule has 1 fully saturated rings. The molecule has 110 valence electrons. The van der Waals surface area contributed by atoms with Crippen LogP contribution in [0.5, 0.6) is 5.75 Å². The third kappa shape index (κ3) is 3.40. The third-order valence-corrected chi connectivity index (χ3v) is 4.35. The minimum absolute atomic E-state index is 0.00483. The Balaban J connectivity index is 2.35. The first-order valence-electron chi connectivity index (χ1n) is 6.76. The van der Waals surface area contributed by atoms with Crippen molar-refractivity contribution < 1.29 is 9.50 Å². The molecule has 1 aromatic rings. The van der Waals surface area contributed by atoms with E-state index >= 15 is 0 Å². The summed E-state index contributed by atoms with van der Waals surface area (Å²) in [5, 5.41) is 13.5. The highest BCUT2D eigenvalue weighted by atomic mass is 79.9. The Morgan fingerprint density at radius 2 is 2.15 bits per heavy atom. The first-order chi connectivity index (χ1) is 9.50. The zero-order valence-corrected chi connectivity index (χ0v) is 13.2. The van der Waals surface area contributed by atoms with Crippen molar-refractivity contribution in [3.8, 4) is 5.75 Å². The normalized spacial score (nSPS) is 17.9. The van der Waals surface area contributed by atoms with Gasteiger partial charge in [0, 0.05) is 37.8 Å². The van der Waals surface area contributed by atoms with Crippen molar-refractivity contribution in [2.45, 2.75) is 19.4 Å². The molecule has 1 saturated heterocycles. The molecule has 0 aromatic heterocycles. The molecule has 3 nitrogen and oxygen atoms in total.